The minimum absolute atomic E-state index is 0.166. The number of carbonyl (C=O) groups excluding carboxylic acids is 1. The van der Waals surface area contributed by atoms with Crippen molar-refractivity contribution in [3.63, 3.8) is 0 Å². The van der Waals surface area contributed by atoms with Gasteiger partial charge < -0.3 is 4.90 Å². The molecule has 2 aromatic rings. The van der Waals surface area contributed by atoms with Gasteiger partial charge >= 0.3 is 0 Å². The first kappa shape index (κ1) is 17.6. The number of nitrogens with one attached hydrogen (secondary N) is 1. The lowest BCUT2D eigenvalue weighted by molar-refractivity contribution is -0.127. The van der Waals surface area contributed by atoms with E-state index < -0.39 is 10.0 Å². The van der Waals surface area contributed by atoms with Crippen LogP contribution in [0.3, 0.4) is 0 Å². The van der Waals surface area contributed by atoms with Gasteiger partial charge in [-0.3, -0.25) is 4.79 Å². The van der Waals surface area contributed by atoms with Crippen LogP contribution in [0.25, 0.3) is 11.1 Å². The second kappa shape index (κ2) is 7.80. The molecule has 0 aliphatic carbocycles. The zero-order chi connectivity index (χ0) is 17.7. The molecule has 2 aromatic carbocycles. The van der Waals surface area contributed by atoms with E-state index in [1.807, 2.05) is 42.5 Å². The normalized spacial score (nSPS) is 14.9. The number of likely N-dealkylation sites (tertiary alicyclic amines) is 1. The number of amides is 1. The van der Waals surface area contributed by atoms with Crippen LogP contribution in [0, 0.1) is 0 Å². The SMILES string of the molecule is O=C1CCCN1CCCNS(=O)(=O)c1ccc(-c2ccccc2)cc1. The van der Waals surface area contributed by atoms with Crippen LogP contribution in [0.1, 0.15) is 19.3 Å². The molecule has 1 aliphatic heterocycles. The summed E-state index contributed by atoms with van der Waals surface area (Å²) in [7, 11) is -3.52. The van der Waals surface area contributed by atoms with Crippen molar-refractivity contribution >= 4 is 15.9 Å². The molecule has 0 radical (unpaired) electrons. The fourth-order valence-electron chi connectivity index (χ4n) is 2.96. The third-order valence-corrected chi connectivity index (χ3v) is 5.82. The summed E-state index contributed by atoms with van der Waals surface area (Å²) >= 11 is 0. The highest BCUT2D eigenvalue weighted by Gasteiger charge is 2.19. The first-order valence-electron chi connectivity index (χ1n) is 8.49. The van der Waals surface area contributed by atoms with Crippen LogP contribution in [0.5, 0.6) is 0 Å². The van der Waals surface area contributed by atoms with Gasteiger partial charge in [0.2, 0.25) is 15.9 Å². The Hall–Kier alpha value is -2.18. The van der Waals surface area contributed by atoms with Crippen LogP contribution in [0.15, 0.2) is 59.5 Å². The molecule has 1 fully saturated rings. The summed E-state index contributed by atoms with van der Waals surface area (Å²) in [5.41, 5.74) is 2.03. The zero-order valence-electron chi connectivity index (χ0n) is 14.0. The minimum Gasteiger partial charge on any atom is -0.343 e. The van der Waals surface area contributed by atoms with Gasteiger partial charge in [-0.25, -0.2) is 13.1 Å². The molecule has 132 valence electrons. The molecule has 1 heterocycles. The largest absolute Gasteiger partial charge is 0.343 e. The lowest BCUT2D eigenvalue weighted by atomic mass is 10.1. The van der Waals surface area contributed by atoms with E-state index in [-0.39, 0.29) is 10.8 Å². The molecule has 0 atom stereocenters. The lowest BCUT2D eigenvalue weighted by Gasteiger charge is -2.15. The predicted octanol–water partition coefficient (Wildman–Crippen LogP) is 2.64. The van der Waals surface area contributed by atoms with Crippen molar-refractivity contribution in [1.29, 1.82) is 0 Å². The third kappa shape index (κ3) is 4.46. The van der Waals surface area contributed by atoms with Crippen LogP contribution in [-0.4, -0.2) is 38.9 Å². The van der Waals surface area contributed by atoms with Crippen molar-refractivity contribution in [3.05, 3.63) is 54.6 Å². The number of rotatable bonds is 7. The number of hydrogen-bond acceptors (Lipinski definition) is 3. The van der Waals surface area contributed by atoms with Gasteiger partial charge in [0.1, 0.15) is 0 Å². The van der Waals surface area contributed by atoms with Gasteiger partial charge in [-0.15, -0.1) is 0 Å². The van der Waals surface area contributed by atoms with Crippen molar-refractivity contribution in [2.75, 3.05) is 19.6 Å². The summed E-state index contributed by atoms with van der Waals surface area (Å²) in [6.07, 6.45) is 2.13. The van der Waals surface area contributed by atoms with E-state index in [1.165, 1.54) is 0 Å². The van der Waals surface area contributed by atoms with Crippen molar-refractivity contribution in [1.82, 2.24) is 9.62 Å². The number of sulfonamides is 1. The van der Waals surface area contributed by atoms with Crippen LogP contribution >= 0.6 is 0 Å². The standard InChI is InChI=1S/C19H22N2O3S/c22-19-8-4-14-21(19)15-5-13-20-25(23,24)18-11-9-17(10-12-18)16-6-2-1-3-7-16/h1-3,6-7,9-12,20H,4-5,8,13-15H2. The van der Waals surface area contributed by atoms with E-state index >= 15 is 0 Å². The highest BCUT2D eigenvalue weighted by molar-refractivity contribution is 7.89. The molecule has 1 saturated heterocycles. The summed E-state index contributed by atoms with van der Waals surface area (Å²) in [4.78, 5) is 13.6. The fraction of sp³-hybridized carbons (Fsp3) is 0.316. The van der Waals surface area contributed by atoms with Gasteiger partial charge in [-0.1, -0.05) is 42.5 Å². The van der Waals surface area contributed by atoms with Gasteiger partial charge in [-0.05, 0) is 36.1 Å². The van der Waals surface area contributed by atoms with E-state index in [1.54, 1.807) is 17.0 Å². The van der Waals surface area contributed by atoms with Crippen LogP contribution in [-0.2, 0) is 14.8 Å². The Kier molecular flexibility index (Phi) is 5.50. The quantitative estimate of drug-likeness (QED) is 0.774. The summed E-state index contributed by atoms with van der Waals surface area (Å²) in [6.45, 7) is 1.72. The number of nitrogens with zero attached hydrogens (tertiary/aromatic N) is 1. The van der Waals surface area contributed by atoms with Gasteiger partial charge in [0.05, 0.1) is 4.90 Å². The summed E-state index contributed by atoms with van der Waals surface area (Å²) in [5, 5.41) is 0. The Bertz CT molecular complexity index is 818. The van der Waals surface area contributed by atoms with Crippen LogP contribution in [0.4, 0.5) is 0 Å². The van der Waals surface area contributed by atoms with Crippen LogP contribution < -0.4 is 4.72 Å². The molecule has 0 unspecified atom stereocenters. The second-order valence-electron chi connectivity index (χ2n) is 6.13. The maximum absolute atomic E-state index is 12.3. The van der Waals surface area contributed by atoms with E-state index in [0.717, 1.165) is 24.1 Å². The first-order chi connectivity index (χ1) is 12.1. The summed E-state index contributed by atoms with van der Waals surface area (Å²) in [6, 6.07) is 16.7. The first-order valence-corrected chi connectivity index (χ1v) is 9.97. The fourth-order valence-corrected chi connectivity index (χ4v) is 4.03. The number of hydrogen-bond donors (Lipinski definition) is 1. The topological polar surface area (TPSA) is 66.5 Å². The highest BCUT2D eigenvalue weighted by Crippen LogP contribution is 2.20. The molecule has 0 bridgehead atoms. The smallest absolute Gasteiger partial charge is 0.240 e. The van der Waals surface area contributed by atoms with Crippen LogP contribution in [0.2, 0.25) is 0 Å². The minimum atomic E-state index is -3.52. The lowest BCUT2D eigenvalue weighted by Crippen LogP contribution is -2.30. The monoisotopic (exact) mass is 358 g/mol. The molecule has 25 heavy (non-hydrogen) atoms. The molecule has 6 heteroatoms. The molecular formula is C19H22N2O3S. The molecule has 0 saturated carbocycles. The van der Waals surface area contributed by atoms with Gasteiger partial charge in [0.15, 0.2) is 0 Å². The van der Waals surface area contributed by atoms with E-state index in [9.17, 15) is 13.2 Å². The zero-order valence-corrected chi connectivity index (χ0v) is 14.8. The number of carbonyl (C=O) groups is 1. The average Bonchev–Trinajstić information content (AvgIpc) is 3.05. The molecule has 1 aliphatic rings. The molecule has 0 aromatic heterocycles. The molecule has 3 rings (SSSR count). The molecule has 1 amide bonds. The van der Waals surface area contributed by atoms with Crippen molar-refractivity contribution < 1.29 is 13.2 Å². The molecular weight excluding hydrogens is 336 g/mol. The van der Waals surface area contributed by atoms with Crippen molar-refractivity contribution in [3.8, 4) is 11.1 Å². The maximum atomic E-state index is 12.3. The maximum Gasteiger partial charge on any atom is 0.240 e. The molecule has 1 N–H and O–H groups in total. The van der Waals surface area contributed by atoms with E-state index in [2.05, 4.69) is 4.72 Å². The van der Waals surface area contributed by atoms with E-state index in [4.69, 9.17) is 0 Å². The Balaban J connectivity index is 1.55. The molecule has 5 nitrogen and oxygen atoms in total. The number of benzene rings is 2. The second-order valence-corrected chi connectivity index (χ2v) is 7.89. The highest BCUT2D eigenvalue weighted by atomic mass is 32.2. The Labute approximate surface area is 148 Å². The van der Waals surface area contributed by atoms with E-state index in [0.29, 0.717) is 25.9 Å². The van der Waals surface area contributed by atoms with Gasteiger partial charge in [0, 0.05) is 26.1 Å². The third-order valence-electron chi connectivity index (χ3n) is 4.34. The predicted molar refractivity (Wildman–Crippen MR) is 97.5 cm³/mol. The average molecular weight is 358 g/mol. The Morgan fingerprint density at radius 3 is 2.28 bits per heavy atom. The van der Waals surface area contributed by atoms with Gasteiger partial charge in [-0.2, -0.15) is 0 Å². The van der Waals surface area contributed by atoms with Crippen molar-refractivity contribution in [2.24, 2.45) is 0 Å². The summed E-state index contributed by atoms with van der Waals surface area (Å²) in [5.74, 6) is 0.166. The molecule has 0 spiro atoms. The van der Waals surface area contributed by atoms with Crippen molar-refractivity contribution in [2.45, 2.75) is 24.2 Å². The van der Waals surface area contributed by atoms with Gasteiger partial charge in [0.25, 0.3) is 0 Å². The Morgan fingerprint density at radius 2 is 1.64 bits per heavy atom. The Morgan fingerprint density at radius 1 is 0.960 bits per heavy atom. The summed E-state index contributed by atoms with van der Waals surface area (Å²) < 4.78 is 27.3.